The highest BCUT2D eigenvalue weighted by molar-refractivity contribution is 5.78. The van der Waals surface area contributed by atoms with Crippen molar-refractivity contribution in [3.63, 3.8) is 0 Å². The lowest BCUT2D eigenvalue weighted by molar-refractivity contribution is -0.135. The quantitative estimate of drug-likeness (QED) is 0.768. The summed E-state index contributed by atoms with van der Waals surface area (Å²) in [6.07, 6.45) is 6.58. The van der Waals surface area contributed by atoms with Crippen molar-refractivity contribution < 1.29 is 13.6 Å². The molecule has 1 aromatic carbocycles. The van der Waals surface area contributed by atoms with Crippen LogP contribution in [0, 0.1) is 17.6 Å². The van der Waals surface area contributed by atoms with Gasteiger partial charge in [-0.1, -0.05) is 18.2 Å². The van der Waals surface area contributed by atoms with E-state index in [0.717, 1.165) is 25.3 Å². The Morgan fingerprint density at radius 2 is 2.16 bits per heavy atom. The molecule has 2 nitrogen and oxygen atoms in total. The molecule has 1 unspecified atom stereocenters. The molecule has 1 aliphatic rings. The van der Waals surface area contributed by atoms with Gasteiger partial charge in [0.05, 0.1) is 0 Å². The number of carbonyl (C=O) groups excluding carboxylic acids is 1. The number of amides is 1. The van der Waals surface area contributed by atoms with Gasteiger partial charge >= 0.3 is 0 Å². The lowest BCUT2D eigenvalue weighted by Crippen LogP contribution is -2.33. The molecule has 0 fully saturated rings. The van der Waals surface area contributed by atoms with Crippen molar-refractivity contribution in [1.29, 1.82) is 0 Å². The summed E-state index contributed by atoms with van der Waals surface area (Å²) in [6.45, 7) is 0.172. The molecular formula is C15H17F2NO. The molecule has 0 heterocycles. The zero-order valence-corrected chi connectivity index (χ0v) is 10.9. The fourth-order valence-corrected chi connectivity index (χ4v) is 2.31. The second-order valence-electron chi connectivity index (χ2n) is 4.91. The zero-order chi connectivity index (χ0) is 13.8. The number of nitrogens with zero attached hydrogens (tertiary/aromatic N) is 1. The molecule has 0 saturated heterocycles. The Labute approximate surface area is 111 Å². The van der Waals surface area contributed by atoms with E-state index in [0.29, 0.717) is 5.56 Å². The van der Waals surface area contributed by atoms with Crippen LogP contribution in [0.5, 0.6) is 0 Å². The maximum atomic E-state index is 13.5. The van der Waals surface area contributed by atoms with Crippen LogP contribution in [-0.2, 0) is 11.3 Å². The van der Waals surface area contributed by atoms with E-state index in [9.17, 15) is 13.6 Å². The molecule has 102 valence electrons. The molecule has 1 aromatic rings. The van der Waals surface area contributed by atoms with E-state index in [-0.39, 0.29) is 18.4 Å². The Morgan fingerprint density at radius 3 is 2.79 bits per heavy atom. The first-order chi connectivity index (χ1) is 9.08. The van der Waals surface area contributed by atoms with Crippen LogP contribution in [0.3, 0.4) is 0 Å². The van der Waals surface area contributed by atoms with Crippen molar-refractivity contribution >= 4 is 5.91 Å². The molecule has 0 aromatic heterocycles. The molecule has 4 heteroatoms. The molecule has 0 N–H and O–H groups in total. The van der Waals surface area contributed by atoms with Crippen molar-refractivity contribution in [2.24, 2.45) is 5.92 Å². The van der Waals surface area contributed by atoms with Crippen LogP contribution in [0.4, 0.5) is 8.78 Å². The number of hydrogen-bond acceptors (Lipinski definition) is 1. The van der Waals surface area contributed by atoms with Crippen LogP contribution in [0.15, 0.2) is 30.4 Å². The van der Waals surface area contributed by atoms with Gasteiger partial charge in [0.1, 0.15) is 11.6 Å². The monoisotopic (exact) mass is 265 g/mol. The summed E-state index contributed by atoms with van der Waals surface area (Å²) < 4.78 is 26.3. The number of carbonyl (C=O) groups is 1. The summed E-state index contributed by atoms with van der Waals surface area (Å²) in [5.41, 5.74) is 0.337. The zero-order valence-electron chi connectivity index (χ0n) is 10.9. The molecule has 0 aliphatic heterocycles. The first-order valence-corrected chi connectivity index (χ1v) is 6.42. The Balaban J connectivity index is 2.01. The van der Waals surface area contributed by atoms with Crippen LogP contribution < -0.4 is 0 Å². The van der Waals surface area contributed by atoms with Crippen molar-refractivity contribution in [2.75, 3.05) is 7.05 Å². The van der Waals surface area contributed by atoms with Crippen molar-refractivity contribution in [2.45, 2.75) is 25.8 Å². The second kappa shape index (κ2) is 5.95. The molecule has 2 rings (SSSR count). The SMILES string of the molecule is CN(Cc1ccc(F)cc1F)C(=O)C1CC=CCC1. The minimum Gasteiger partial charge on any atom is -0.341 e. The minimum atomic E-state index is -0.608. The van der Waals surface area contributed by atoms with Crippen molar-refractivity contribution in [1.82, 2.24) is 4.90 Å². The summed E-state index contributed by atoms with van der Waals surface area (Å²) in [7, 11) is 1.66. The van der Waals surface area contributed by atoms with E-state index < -0.39 is 11.6 Å². The predicted octanol–water partition coefficient (Wildman–Crippen LogP) is 3.28. The highest BCUT2D eigenvalue weighted by atomic mass is 19.1. The Morgan fingerprint density at radius 1 is 1.37 bits per heavy atom. The molecule has 0 bridgehead atoms. The van der Waals surface area contributed by atoms with Gasteiger partial charge < -0.3 is 4.90 Å². The summed E-state index contributed by atoms with van der Waals surface area (Å²) in [4.78, 5) is 13.7. The fraction of sp³-hybridized carbons (Fsp3) is 0.400. The Hall–Kier alpha value is -1.71. The summed E-state index contributed by atoms with van der Waals surface area (Å²) in [5, 5.41) is 0. The van der Waals surface area contributed by atoms with Gasteiger partial charge in [-0.05, 0) is 25.3 Å². The van der Waals surface area contributed by atoms with Gasteiger partial charge in [0, 0.05) is 31.1 Å². The standard InChI is InChI=1S/C15H17F2NO/c1-18(15(19)11-5-3-2-4-6-11)10-12-7-8-13(16)9-14(12)17/h2-3,7-9,11H,4-6,10H2,1H3. The third-order valence-electron chi connectivity index (χ3n) is 3.42. The predicted molar refractivity (Wildman–Crippen MR) is 69.3 cm³/mol. The first kappa shape index (κ1) is 13.7. The third-order valence-corrected chi connectivity index (χ3v) is 3.42. The summed E-state index contributed by atoms with van der Waals surface area (Å²) in [5.74, 6) is -1.21. The van der Waals surface area contributed by atoms with Crippen molar-refractivity contribution in [3.05, 3.63) is 47.5 Å². The lowest BCUT2D eigenvalue weighted by atomic mass is 9.93. The molecule has 0 spiro atoms. The first-order valence-electron chi connectivity index (χ1n) is 6.42. The molecule has 1 atom stereocenters. The van der Waals surface area contributed by atoms with E-state index in [1.165, 1.54) is 17.0 Å². The average molecular weight is 265 g/mol. The van der Waals surface area contributed by atoms with Gasteiger partial charge in [-0.3, -0.25) is 4.79 Å². The molecule has 0 radical (unpaired) electrons. The number of allylic oxidation sites excluding steroid dienone is 2. The van der Waals surface area contributed by atoms with Crippen LogP contribution in [0.1, 0.15) is 24.8 Å². The van der Waals surface area contributed by atoms with Gasteiger partial charge in [0.15, 0.2) is 0 Å². The maximum absolute atomic E-state index is 13.5. The van der Waals surface area contributed by atoms with Gasteiger partial charge in [0.25, 0.3) is 0 Å². The lowest BCUT2D eigenvalue weighted by Gasteiger charge is -2.24. The van der Waals surface area contributed by atoms with E-state index >= 15 is 0 Å². The number of benzene rings is 1. The Kier molecular flexibility index (Phi) is 4.30. The molecule has 0 saturated carbocycles. The highest BCUT2D eigenvalue weighted by Crippen LogP contribution is 2.21. The molecule has 1 amide bonds. The molecule has 1 aliphatic carbocycles. The average Bonchev–Trinajstić information content (AvgIpc) is 2.42. The number of rotatable bonds is 3. The van der Waals surface area contributed by atoms with Gasteiger partial charge in [0.2, 0.25) is 5.91 Å². The second-order valence-corrected chi connectivity index (χ2v) is 4.91. The minimum absolute atomic E-state index is 0.0153. The summed E-state index contributed by atoms with van der Waals surface area (Å²) in [6, 6.07) is 3.44. The smallest absolute Gasteiger partial charge is 0.226 e. The van der Waals surface area contributed by atoms with Gasteiger partial charge in [-0.2, -0.15) is 0 Å². The Bertz CT molecular complexity index is 499. The molecular weight excluding hydrogens is 248 g/mol. The number of halogens is 2. The highest BCUT2D eigenvalue weighted by Gasteiger charge is 2.22. The van der Waals surface area contributed by atoms with E-state index in [2.05, 4.69) is 6.08 Å². The normalized spacial score (nSPS) is 18.4. The van der Waals surface area contributed by atoms with E-state index in [4.69, 9.17) is 0 Å². The largest absolute Gasteiger partial charge is 0.341 e. The van der Waals surface area contributed by atoms with Crippen LogP contribution in [-0.4, -0.2) is 17.9 Å². The van der Waals surface area contributed by atoms with Gasteiger partial charge in [-0.15, -0.1) is 0 Å². The third kappa shape index (κ3) is 3.40. The molecule has 19 heavy (non-hydrogen) atoms. The topological polar surface area (TPSA) is 20.3 Å². The van der Waals surface area contributed by atoms with Crippen LogP contribution in [0.25, 0.3) is 0 Å². The van der Waals surface area contributed by atoms with E-state index in [1.54, 1.807) is 7.05 Å². The van der Waals surface area contributed by atoms with Gasteiger partial charge in [-0.25, -0.2) is 8.78 Å². The van der Waals surface area contributed by atoms with E-state index in [1.807, 2.05) is 6.08 Å². The van der Waals surface area contributed by atoms with Crippen molar-refractivity contribution in [3.8, 4) is 0 Å². The maximum Gasteiger partial charge on any atom is 0.226 e. The van der Waals surface area contributed by atoms with Crippen LogP contribution >= 0.6 is 0 Å². The summed E-state index contributed by atoms with van der Waals surface area (Å²) >= 11 is 0. The fourth-order valence-electron chi connectivity index (χ4n) is 2.31. The number of hydrogen-bond donors (Lipinski definition) is 0. The van der Waals surface area contributed by atoms with Crippen LogP contribution in [0.2, 0.25) is 0 Å².